The molecule has 0 aromatic carbocycles. The lowest BCUT2D eigenvalue weighted by Crippen LogP contribution is -2.26. The van der Waals surface area contributed by atoms with Crippen LogP contribution < -0.4 is 0 Å². The van der Waals surface area contributed by atoms with Crippen molar-refractivity contribution in [3.63, 3.8) is 0 Å². The lowest BCUT2D eigenvalue weighted by Gasteiger charge is -2.21. The van der Waals surface area contributed by atoms with Gasteiger partial charge in [-0.15, -0.1) is 0 Å². The van der Waals surface area contributed by atoms with E-state index in [0.717, 1.165) is 6.42 Å². The van der Waals surface area contributed by atoms with Crippen LogP contribution in [0.4, 0.5) is 4.79 Å². The summed E-state index contributed by atoms with van der Waals surface area (Å²) in [4.78, 5) is 23.2. The number of likely N-dealkylation sites (tertiary alicyclic amines) is 1. The Morgan fingerprint density at radius 3 is 2.77 bits per heavy atom. The minimum atomic E-state index is -0.846. The van der Waals surface area contributed by atoms with Gasteiger partial charge in [-0.25, -0.2) is 4.79 Å². The fourth-order valence-electron chi connectivity index (χ4n) is 2.39. The first kappa shape index (κ1) is 8.53. The van der Waals surface area contributed by atoms with Gasteiger partial charge in [0.2, 0.25) is 0 Å². The molecule has 0 aromatic rings. The number of hydrogen-bond donors (Lipinski definition) is 1. The van der Waals surface area contributed by atoms with Crippen molar-refractivity contribution in [3.8, 4) is 0 Å². The maximum absolute atomic E-state index is 11.1. The highest BCUT2D eigenvalue weighted by molar-refractivity contribution is 5.79. The summed E-state index contributed by atoms with van der Waals surface area (Å²) >= 11 is 0. The van der Waals surface area contributed by atoms with Crippen molar-refractivity contribution >= 4 is 11.9 Å². The highest BCUT2D eigenvalue weighted by Gasteiger charge is 2.38. The lowest BCUT2D eigenvalue weighted by molar-refractivity contribution is -0.122. The van der Waals surface area contributed by atoms with Crippen LogP contribution in [0.2, 0.25) is 0 Å². The fraction of sp³-hybridized carbons (Fsp3) is 0.778. The normalized spacial score (nSPS) is 33.2. The second-order valence-corrected chi connectivity index (χ2v) is 3.99. The van der Waals surface area contributed by atoms with Crippen molar-refractivity contribution < 1.29 is 14.7 Å². The van der Waals surface area contributed by atoms with Crippen LogP contribution in [0.3, 0.4) is 0 Å². The Morgan fingerprint density at radius 1 is 1.38 bits per heavy atom. The number of carbonyl (C=O) groups is 2. The van der Waals surface area contributed by atoms with E-state index in [4.69, 9.17) is 5.11 Å². The second-order valence-electron chi connectivity index (χ2n) is 3.99. The monoisotopic (exact) mass is 183 g/mol. The van der Waals surface area contributed by atoms with E-state index in [-0.39, 0.29) is 0 Å². The number of Topliss-reactive ketones (excluding diaryl/α,β-unsaturated/α-hetero) is 1. The van der Waals surface area contributed by atoms with Gasteiger partial charge in [0.15, 0.2) is 0 Å². The molecule has 1 heterocycles. The molecule has 0 radical (unpaired) electrons. The third-order valence-electron chi connectivity index (χ3n) is 3.13. The van der Waals surface area contributed by atoms with Crippen molar-refractivity contribution in [2.45, 2.75) is 19.3 Å². The van der Waals surface area contributed by atoms with Crippen LogP contribution in [0.1, 0.15) is 19.3 Å². The minimum Gasteiger partial charge on any atom is -0.465 e. The molecule has 0 bridgehead atoms. The van der Waals surface area contributed by atoms with Gasteiger partial charge in [-0.3, -0.25) is 4.79 Å². The number of fused-ring (bicyclic) bond motifs is 1. The van der Waals surface area contributed by atoms with E-state index >= 15 is 0 Å². The first-order valence-corrected chi connectivity index (χ1v) is 4.66. The number of nitrogens with zero attached hydrogens (tertiary/aromatic N) is 1. The molecule has 2 fully saturated rings. The summed E-state index contributed by atoms with van der Waals surface area (Å²) in [7, 11) is 0. The van der Waals surface area contributed by atoms with Gasteiger partial charge in [-0.1, -0.05) is 0 Å². The summed E-state index contributed by atoms with van der Waals surface area (Å²) < 4.78 is 0. The summed E-state index contributed by atoms with van der Waals surface area (Å²) in [5, 5.41) is 8.77. The Balaban J connectivity index is 2.02. The molecule has 2 rings (SSSR count). The van der Waals surface area contributed by atoms with E-state index in [1.165, 1.54) is 4.90 Å². The fourth-order valence-corrected chi connectivity index (χ4v) is 2.39. The molecule has 2 aliphatic rings. The van der Waals surface area contributed by atoms with Crippen LogP contribution >= 0.6 is 0 Å². The van der Waals surface area contributed by atoms with Crippen molar-refractivity contribution in [2.24, 2.45) is 11.8 Å². The summed E-state index contributed by atoms with van der Waals surface area (Å²) in [6, 6.07) is 0. The third-order valence-corrected chi connectivity index (χ3v) is 3.13. The predicted octanol–water partition coefficient (Wildman–Crippen LogP) is 0.965. The van der Waals surface area contributed by atoms with E-state index in [1.54, 1.807) is 0 Å². The molecule has 1 N–H and O–H groups in total. The number of rotatable bonds is 0. The van der Waals surface area contributed by atoms with Gasteiger partial charge in [0, 0.05) is 25.9 Å². The average molecular weight is 183 g/mol. The zero-order valence-corrected chi connectivity index (χ0v) is 7.40. The van der Waals surface area contributed by atoms with Crippen molar-refractivity contribution in [2.75, 3.05) is 13.1 Å². The van der Waals surface area contributed by atoms with Crippen LogP contribution in [0, 0.1) is 11.8 Å². The van der Waals surface area contributed by atoms with Crippen molar-refractivity contribution in [3.05, 3.63) is 0 Å². The number of amides is 1. The Bertz CT molecular complexity index is 251. The number of carbonyl (C=O) groups excluding carboxylic acids is 1. The predicted molar refractivity (Wildman–Crippen MR) is 45.4 cm³/mol. The van der Waals surface area contributed by atoms with Gasteiger partial charge in [-0.05, 0) is 18.3 Å². The highest BCUT2D eigenvalue weighted by Crippen LogP contribution is 2.34. The molecule has 1 aliphatic heterocycles. The van der Waals surface area contributed by atoms with Gasteiger partial charge in [-0.2, -0.15) is 0 Å². The molecule has 4 heteroatoms. The van der Waals surface area contributed by atoms with Crippen LogP contribution in [0.5, 0.6) is 0 Å². The van der Waals surface area contributed by atoms with Crippen molar-refractivity contribution in [1.82, 2.24) is 4.90 Å². The van der Waals surface area contributed by atoms with Gasteiger partial charge < -0.3 is 10.0 Å². The Hall–Kier alpha value is -1.06. The molecule has 2 atom stereocenters. The Morgan fingerprint density at radius 2 is 2.08 bits per heavy atom. The van der Waals surface area contributed by atoms with Gasteiger partial charge in [0.1, 0.15) is 5.78 Å². The Kier molecular flexibility index (Phi) is 1.98. The molecule has 0 aromatic heterocycles. The number of ketones is 1. The first-order chi connectivity index (χ1) is 6.16. The van der Waals surface area contributed by atoms with E-state index < -0.39 is 6.09 Å². The van der Waals surface area contributed by atoms with E-state index in [0.29, 0.717) is 43.6 Å². The number of carboxylic acid groups (broad SMARTS) is 1. The van der Waals surface area contributed by atoms with Gasteiger partial charge >= 0.3 is 6.09 Å². The summed E-state index contributed by atoms with van der Waals surface area (Å²) in [6.07, 6.45) is 1.28. The lowest BCUT2D eigenvalue weighted by atomic mass is 9.81. The SMILES string of the molecule is O=C1CC[C@@H]2CN(C(=O)O)C[C@@H]2C1. The molecule has 0 unspecified atom stereocenters. The van der Waals surface area contributed by atoms with E-state index in [2.05, 4.69) is 0 Å². The van der Waals surface area contributed by atoms with E-state index in [1.807, 2.05) is 0 Å². The molecule has 1 amide bonds. The molecular formula is C9H13NO3. The molecule has 0 spiro atoms. The standard InChI is InChI=1S/C9H13NO3/c11-8-2-1-6-4-10(9(12)13)5-7(6)3-8/h6-7H,1-5H2,(H,12,13)/t6-,7+/m1/s1. The first-order valence-electron chi connectivity index (χ1n) is 4.66. The topological polar surface area (TPSA) is 57.6 Å². The molecule has 1 saturated heterocycles. The molecule has 13 heavy (non-hydrogen) atoms. The maximum atomic E-state index is 11.1. The maximum Gasteiger partial charge on any atom is 0.407 e. The molecule has 1 saturated carbocycles. The van der Waals surface area contributed by atoms with E-state index in [9.17, 15) is 9.59 Å². The average Bonchev–Trinajstić information content (AvgIpc) is 2.46. The smallest absolute Gasteiger partial charge is 0.407 e. The zero-order chi connectivity index (χ0) is 9.42. The van der Waals surface area contributed by atoms with Gasteiger partial charge in [0.25, 0.3) is 0 Å². The molecule has 4 nitrogen and oxygen atoms in total. The van der Waals surface area contributed by atoms with Crippen LogP contribution in [-0.2, 0) is 4.79 Å². The molecule has 1 aliphatic carbocycles. The minimum absolute atomic E-state index is 0.300. The van der Waals surface area contributed by atoms with Crippen LogP contribution in [0.25, 0.3) is 0 Å². The summed E-state index contributed by atoms with van der Waals surface area (Å²) in [5.41, 5.74) is 0. The number of hydrogen-bond acceptors (Lipinski definition) is 2. The molecule has 72 valence electrons. The largest absolute Gasteiger partial charge is 0.465 e. The Labute approximate surface area is 76.5 Å². The van der Waals surface area contributed by atoms with Crippen LogP contribution in [-0.4, -0.2) is 35.0 Å². The quantitative estimate of drug-likeness (QED) is 0.608. The van der Waals surface area contributed by atoms with Crippen LogP contribution in [0.15, 0.2) is 0 Å². The summed E-state index contributed by atoms with van der Waals surface area (Å²) in [5.74, 6) is 1.04. The summed E-state index contributed by atoms with van der Waals surface area (Å²) in [6.45, 7) is 1.19. The second kappa shape index (κ2) is 3.01. The zero-order valence-electron chi connectivity index (χ0n) is 7.40. The third kappa shape index (κ3) is 1.53. The highest BCUT2D eigenvalue weighted by atomic mass is 16.4. The van der Waals surface area contributed by atoms with Crippen molar-refractivity contribution in [1.29, 1.82) is 0 Å². The molecular weight excluding hydrogens is 170 g/mol. The van der Waals surface area contributed by atoms with Gasteiger partial charge in [0.05, 0.1) is 0 Å².